The molecule has 1 N–H and O–H groups in total. The molecule has 0 unspecified atom stereocenters. The van der Waals surface area contributed by atoms with Gasteiger partial charge in [-0.05, 0) is 44.7 Å². The molecule has 1 heterocycles. The third-order valence-corrected chi connectivity index (χ3v) is 5.15. The van der Waals surface area contributed by atoms with Gasteiger partial charge in [-0.1, -0.05) is 37.3 Å². The maximum Gasteiger partial charge on any atom is 0.253 e. The lowest BCUT2D eigenvalue weighted by atomic mass is 10.0. The van der Waals surface area contributed by atoms with Crippen molar-refractivity contribution in [3.63, 3.8) is 0 Å². The molecule has 1 aliphatic carbocycles. The topological polar surface area (TPSA) is 34.0 Å². The predicted octanol–water partition coefficient (Wildman–Crippen LogP) is 4.67. The minimum Gasteiger partial charge on any atom is -0.352 e. The van der Waals surface area contributed by atoms with E-state index in [9.17, 15) is 4.79 Å². The number of nitrogens with one attached hydrogen (secondary N) is 1. The van der Waals surface area contributed by atoms with Crippen LogP contribution in [0.25, 0.3) is 10.9 Å². The molecule has 124 valence electrons. The zero-order valence-corrected chi connectivity index (χ0v) is 14.4. The van der Waals surface area contributed by atoms with E-state index < -0.39 is 0 Å². The zero-order chi connectivity index (χ0) is 16.2. The fourth-order valence-electron chi connectivity index (χ4n) is 3.75. The Hall–Kier alpha value is -1.77. The minimum atomic E-state index is 0.0806. The molecule has 0 atom stereocenters. The highest BCUT2D eigenvalue weighted by Crippen LogP contribution is 2.24. The molecule has 3 nitrogen and oxygen atoms in total. The molecule has 1 fully saturated rings. The highest BCUT2D eigenvalue weighted by atomic mass is 16.1. The monoisotopic (exact) mass is 312 g/mol. The van der Waals surface area contributed by atoms with Crippen molar-refractivity contribution in [3.8, 4) is 0 Å². The Morgan fingerprint density at radius 1 is 1.22 bits per heavy atom. The largest absolute Gasteiger partial charge is 0.352 e. The number of rotatable bonds is 4. The van der Waals surface area contributed by atoms with E-state index in [1.54, 1.807) is 0 Å². The van der Waals surface area contributed by atoms with Crippen LogP contribution in [0.5, 0.6) is 0 Å². The van der Waals surface area contributed by atoms with Gasteiger partial charge in [0.15, 0.2) is 0 Å². The molecule has 1 aromatic carbocycles. The van der Waals surface area contributed by atoms with Gasteiger partial charge in [-0.15, -0.1) is 0 Å². The normalized spacial score (nSPS) is 16.4. The molecule has 3 rings (SSSR count). The second kappa shape index (κ2) is 7.20. The number of aromatic nitrogens is 1. The summed E-state index contributed by atoms with van der Waals surface area (Å²) in [6, 6.07) is 6.36. The van der Waals surface area contributed by atoms with Gasteiger partial charge in [-0.3, -0.25) is 4.79 Å². The second-order valence-corrected chi connectivity index (χ2v) is 6.92. The summed E-state index contributed by atoms with van der Waals surface area (Å²) in [5.74, 6) is 0.736. The molecule has 23 heavy (non-hydrogen) atoms. The minimum absolute atomic E-state index is 0.0806. The summed E-state index contributed by atoms with van der Waals surface area (Å²) >= 11 is 0. The van der Waals surface area contributed by atoms with E-state index in [1.807, 2.05) is 6.20 Å². The number of amides is 1. The van der Waals surface area contributed by atoms with E-state index in [1.165, 1.54) is 44.1 Å². The summed E-state index contributed by atoms with van der Waals surface area (Å²) in [6.07, 6.45) is 9.86. The molecule has 1 amide bonds. The second-order valence-electron chi connectivity index (χ2n) is 6.92. The van der Waals surface area contributed by atoms with Crippen molar-refractivity contribution in [1.29, 1.82) is 0 Å². The standard InChI is InChI=1S/C20H28N2O/c1-3-22-14-18(17-12-15(2)10-11-19(17)22)20(23)21-13-16-8-6-4-5-7-9-16/h10-12,14,16H,3-9,13H2,1-2H3,(H,21,23). The molecule has 1 aromatic heterocycles. The lowest BCUT2D eigenvalue weighted by Gasteiger charge is -2.14. The molecule has 3 heteroatoms. The maximum absolute atomic E-state index is 12.7. The van der Waals surface area contributed by atoms with Crippen LogP contribution in [0.4, 0.5) is 0 Å². The third-order valence-electron chi connectivity index (χ3n) is 5.15. The first kappa shape index (κ1) is 16.1. The number of carbonyl (C=O) groups excluding carboxylic acids is 1. The molecule has 1 saturated carbocycles. The molecular weight excluding hydrogens is 284 g/mol. The van der Waals surface area contributed by atoms with Gasteiger partial charge in [0.25, 0.3) is 5.91 Å². The van der Waals surface area contributed by atoms with Crippen LogP contribution in [-0.2, 0) is 6.54 Å². The van der Waals surface area contributed by atoms with Crippen LogP contribution in [0.3, 0.4) is 0 Å². The number of fused-ring (bicyclic) bond motifs is 1. The van der Waals surface area contributed by atoms with Crippen molar-refractivity contribution in [2.75, 3.05) is 6.54 Å². The van der Waals surface area contributed by atoms with Crippen LogP contribution in [0.2, 0.25) is 0 Å². The quantitative estimate of drug-likeness (QED) is 0.818. The molecule has 0 bridgehead atoms. The van der Waals surface area contributed by atoms with Crippen molar-refractivity contribution in [2.45, 2.75) is 58.9 Å². The Kier molecular flexibility index (Phi) is 5.04. The predicted molar refractivity (Wildman–Crippen MR) is 95.9 cm³/mol. The number of carbonyl (C=O) groups is 1. The fraction of sp³-hybridized carbons (Fsp3) is 0.550. The number of benzene rings is 1. The van der Waals surface area contributed by atoms with Crippen molar-refractivity contribution >= 4 is 16.8 Å². The molecule has 0 spiro atoms. The zero-order valence-electron chi connectivity index (χ0n) is 14.4. The molecule has 1 aliphatic rings. The molecule has 0 radical (unpaired) electrons. The number of nitrogens with zero attached hydrogens (tertiary/aromatic N) is 1. The fourth-order valence-corrected chi connectivity index (χ4v) is 3.75. The van der Waals surface area contributed by atoms with Crippen molar-refractivity contribution in [1.82, 2.24) is 9.88 Å². The van der Waals surface area contributed by atoms with Gasteiger partial charge in [-0.25, -0.2) is 0 Å². The van der Waals surface area contributed by atoms with Crippen molar-refractivity contribution in [3.05, 3.63) is 35.5 Å². The van der Waals surface area contributed by atoms with E-state index in [-0.39, 0.29) is 5.91 Å². The van der Waals surface area contributed by atoms with Crippen LogP contribution in [0.15, 0.2) is 24.4 Å². The van der Waals surface area contributed by atoms with Crippen LogP contribution < -0.4 is 5.32 Å². The Balaban J connectivity index is 1.76. The molecule has 0 saturated heterocycles. The van der Waals surface area contributed by atoms with Gasteiger partial charge in [0, 0.05) is 30.2 Å². The van der Waals surface area contributed by atoms with Gasteiger partial charge in [0.1, 0.15) is 0 Å². The summed E-state index contributed by atoms with van der Waals surface area (Å²) in [7, 11) is 0. The van der Waals surface area contributed by atoms with Crippen molar-refractivity contribution in [2.24, 2.45) is 5.92 Å². The van der Waals surface area contributed by atoms with Gasteiger partial charge in [0.05, 0.1) is 5.56 Å². The summed E-state index contributed by atoms with van der Waals surface area (Å²) in [6.45, 7) is 5.90. The average molecular weight is 312 g/mol. The number of hydrogen-bond acceptors (Lipinski definition) is 1. The van der Waals surface area contributed by atoms with Gasteiger partial charge in [-0.2, -0.15) is 0 Å². The van der Waals surface area contributed by atoms with Gasteiger partial charge >= 0.3 is 0 Å². The van der Waals surface area contributed by atoms with E-state index in [4.69, 9.17) is 0 Å². The number of aryl methyl sites for hydroxylation is 2. The van der Waals surface area contributed by atoms with E-state index >= 15 is 0 Å². The summed E-state index contributed by atoms with van der Waals surface area (Å²) < 4.78 is 2.16. The highest BCUT2D eigenvalue weighted by Gasteiger charge is 2.17. The van der Waals surface area contributed by atoms with Crippen LogP contribution >= 0.6 is 0 Å². The first-order chi connectivity index (χ1) is 11.2. The smallest absolute Gasteiger partial charge is 0.253 e. The summed E-state index contributed by atoms with van der Waals surface area (Å²) in [5, 5.41) is 4.27. The lowest BCUT2D eigenvalue weighted by molar-refractivity contribution is 0.0947. The van der Waals surface area contributed by atoms with E-state index in [0.29, 0.717) is 5.92 Å². The Morgan fingerprint density at radius 2 is 1.96 bits per heavy atom. The Morgan fingerprint density at radius 3 is 2.65 bits per heavy atom. The highest BCUT2D eigenvalue weighted by molar-refractivity contribution is 6.07. The molecule has 2 aromatic rings. The number of hydrogen-bond donors (Lipinski definition) is 1. The molecular formula is C20H28N2O. The summed E-state index contributed by atoms with van der Waals surface area (Å²) in [4.78, 5) is 12.7. The maximum atomic E-state index is 12.7. The Bertz CT molecular complexity index is 678. The Labute approximate surface area is 139 Å². The van der Waals surface area contributed by atoms with Crippen LogP contribution in [0, 0.1) is 12.8 Å². The third kappa shape index (κ3) is 3.60. The summed E-state index contributed by atoms with van der Waals surface area (Å²) in [5.41, 5.74) is 3.17. The lowest BCUT2D eigenvalue weighted by Crippen LogP contribution is -2.29. The first-order valence-electron chi connectivity index (χ1n) is 9.06. The molecule has 0 aliphatic heterocycles. The van der Waals surface area contributed by atoms with Crippen LogP contribution in [0.1, 0.15) is 61.4 Å². The first-order valence-corrected chi connectivity index (χ1v) is 9.06. The van der Waals surface area contributed by atoms with Gasteiger partial charge in [0.2, 0.25) is 0 Å². The SMILES string of the molecule is CCn1cc(C(=O)NCC2CCCCCC2)c2cc(C)ccc21. The van der Waals surface area contributed by atoms with Crippen LogP contribution in [-0.4, -0.2) is 17.0 Å². The van der Waals surface area contributed by atoms with E-state index in [0.717, 1.165) is 29.6 Å². The van der Waals surface area contributed by atoms with E-state index in [2.05, 4.69) is 41.9 Å². The van der Waals surface area contributed by atoms with Gasteiger partial charge < -0.3 is 9.88 Å². The average Bonchev–Trinajstić information content (AvgIpc) is 2.72. The van der Waals surface area contributed by atoms with Crippen molar-refractivity contribution < 1.29 is 4.79 Å².